The van der Waals surface area contributed by atoms with Gasteiger partial charge < -0.3 is 9.97 Å². The first kappa shape index (κ1) is 15.2. The SMILES string of the molecule is FC(F)(F)CCN1CCc2[nH]cnc2C1c1nc2ccccc2[nH]1. The van der Waals surface area contributed by atoms with Crippen LogP contribution in [0.15, 0.2) is 30.6 Å². The lowest BCUT2D eigenvalue weighted by Gasteiger charge is -2.33. The molecule has 1 aromatic carbocycles. The Kier molecular flexibility index (Phi) is 3.56. The Morgan fingerprint density at radius 1 is 1.25 bits per heavy atom. The molecular weight excluding hydrogens is 319 g/mol. The van der Waals surface area contributed by atoms with Crippen LogP contribution in [-0.2, 0) is 6.42 Å². The maximum absolute atomic E-state index is 12.7. The number of aromatic amines is 2. The molecular formula is C16H16F3N5. The van der Waals surface area contributed by atoms with Gasteiger partial charge in [-0.15, -0.1) is 0 Å². The Morgan fingerprint density at radius 2 is 2.08 bits per heavy atom. The van der Waals surface area contributed by atoms with Gasteiger partial charge in [-0.2, -0.15) is 13.2 Å². The summed E-state index contributed by atoms with van der Waals surface area (Å²) in [5.74, 6) is 0.631. The van der Waals surface area contributed by atoms with Gasteiger partial charge in [0, 0.05) is 25.2 Å². The largest absolute Gasteiger partial charge is 0.390 e. The maximum atomic E-state index is 12.7. The Hall–Kier alpha value is -2.35. The van der Waals surface area contributed by atoms with Crippen molar-refractivity contribution < 1.29 is 13.2 Å². The fraction of sp³-hybridized carbons (Fsp3) is 0.375. The summed E-state index contributed by atoms with van der Waals surface area (Å²) in [5, 5.41) is 0. The van der Waals surface area contributed by atoms with E-state index in [9.17, 15) is 13.2 Å². The molecule has 5 nitrogen and oxygen atoms in total. The molecule has 0 bridgehead atoms. The number of alkyl halides is 3. The van der Waals surface area contributed by atoms with Crippen molar-refractivity contribution in [3.8, 4) is 0 Å². The van der Waals surface area contributed by atoms with Gasteiger partial charge in [0.25, 0.3) is 0 Å². The Labute approximate surface area is 135 Å². The minimum atomic E-state index is -4.18. The molecule has 1 aliphatic rings. The van der Waals surface area contributed by atoms with Crippen molar-refractivity contribution in [1.29, 1.82) is 0 Å². The summed E-state index contributed by atoms with van der Waals surface area (Å²) in [5.41, 5.74) is 3.38. The fourth-order valence-corrected chi connectivity index (χ4v) is 3.24. The summed E-state index contributed by atoms with van der Waals surface area (Å²) in [6.07, 6.45) is -2.77. The second kappa shape index (κ2) is 5.62. The second-order valence-corrected chi connectivity index (χ2v) is 5.96. The summed E-state index contributed by atoms with van der Waals surface area (Å²) >= 11 is 0. The molecule has 1 atom stereocenters. The van der Waals surface area contributed by atoms with Crippen LogP contribution in [0.3, 0.4) is 0 Å². The van der Waals surface area contributed by atoms with Crippen molar-refractivity contribution in [2.24, 2.45) is 0 Å². The predicted molar refractivity (Wildman–Crippen MR) is 82.5 cm³/mol. The van der Waals surface area contributed by atoms with Gasteiger partial charge in [0.05, 0.1) is 29.5 Å². The number of fused-ring (bicyclic) bond motifs is 2. The smallest absolute Gasteiger partial charge is 0.348 e. The van der Waals surface area contributed by atoms with E-state index in [0.717, 1.165) is 22.4 Å². The molecule has 1 aliphatic heterocycles. The molecule has 8 heteroatoms. The van der Waals surface area contributed by atoms with Gasteiger partial charge in [-0.25, -0.2) is 9.97 Å². The lowest BCUT2D eigenvalue weighted by molar-refractivity contribution is -0.139. The van der Waals surface area contributed by atoms with Crippen LogP contribution in [0.2, 0.25) is 0 Å². The molecule has 3 heterocycles. The van der Waals surface area contributed by atoms with Crippen LogP contribution in [0, 0.1) is 0 Å². The van der Waals surface area contributed by atoms with E-state index in [2.05, 4.69) is 19.9 Å². The highest BCUT2D eigenvalue weighted by Gasteiger charge is 2.36. The molecule has 0 spiro atoms. The monoisotopic (exact) mass is 335 g/mol. The quantitative estimate of drug-likeness (QED) is 0.773. The zero-order valence-electron chi connectivity index (χ0n) is 12.8. The van der Waals surface area contributed by atoms with Gasteiger partial charge in [0.2, 0.25) is 0 Å². The first-order valence-electron chi connectivity index (χ1n) is 7.79. The third-order valence-electron chi connectivity index (χ3n) is 4.37. The molecule has 1 unspecified atom stereocenters. The van der Waals surface area contributed by atoms with Crippen molar-refractivity contribution in [3.63, 3.8) is 0 Å². The van der Waals surface area contributed by atoms with Gasteiger partial charge in [0.15, 0.2) is 0 Å². The number of para-hydroxylation sites is 2. The fourth-order valence-electron chi connectivity index (χ4n) is 3.24. The average molecular weight is 335 g/mol. The molecule has 126 valence electrons. The summed E-state index contributed by atoms with van der Waals surface area (Å²) in [6.45, 7) is 0.463. The molecule has 24 heavy (non-hydrogen) atoms. The van der Waals surface area contributed by atoms with Crippen LogP contribution < -0.4 is 0 Å². The number of hydrogen-bond acceptors (Lipinski definition) is 3. The van der Waals surface area contributed by atoms with E-state index < -0.39 is 18.6 Å². The normalized spacial score (nSPS) is 18.9. The number of rotatable bonds is 3. The van der Waals surface area contributed by atoms with Crippen molar-refractivity contribution in [2.45, 2.75) is 25.1 Å². The van der Waals surface area contributed by atoms with E-state index in [1.165, 1.54) is 0 Å². The molecule has 4 rings (SSSR count). The second-order valence-electron chi connectivity index (χ2n) is 5.96. The van der Waals surface area contributed by atoms with Gasteiger partial charge in [-0.1, -0.05) is 12.1 Å². The maximum Gasteiger partial charge on any atom is 0.390 e. The van der Waals surface area contributed by atoms with E-state index in [0.29, 0.717) is 18.8 Å². The van der Waals surface area contributed by atoms with Crippen molar-refractivity contribution in [1.82, 2.24) is 24.8 Å². The van der Waals surface area contributed by atoms with Crippen LogP contribution in [0.5, 0.6) is 0 Å². The number of hydrogen-bond donors (Lipinski definition) is 2. The summed E-state index contributed by atoms with van der Waals surface area (Å²) in [4.78, 5) is 17.0. The van der Waals surface area contributed by atoms with E-state index in [-0.39, 0.29) is 6.54 Å². The molecule has 2 aromatic heterocycles. The number of nitrogens with zero attached hydrogens (tertiary/aromatic N) is 3. The number of benzene rings is 1. The zero-order valence-corrected chi connectivity index (χ0v) is 12.8. The molecule has 0 saturated carbocycles. The Morgan fingerprint density at radius 3 is 2.88 bits per heavy atom. The van der Waals surface area contributed by atoms with Gasteiger partial charge in [-0.3, -0.25) is 4.90 Å². The summed E-state index contributed by atoms with van der Waals surface area (Å²) in [6, 6.07) is 7.17. The Bertz CT molecular complexity index is 818. The molecule has 0 aliphatic carbocycles. The van der Waals surface area contributed by atoms with E-state index in [4.69, 9.17) is 0 Å². The highest BCUT2D eigenvalue weighted by atomic mass is 19.4. The number of halogens is 3. The third-order valence-corrected chi connectivity index (χ3v) is 4.37. The van der Waals surface area contributed by atoms with E-state index >= 15 is 0 Å². The lowest BCUT2D eigenvalue weighted by Crippen LogP contribution is -2.38. The van der Waals surface area contributed by atoms with Crippen LogP contribution in [0.1, 0.15) is 29.7 Å². The van der Waals surface area contributed by atoms with Gasteiger partial charge in [0.1, 0.15) is 11.9 Å². The first-order valence-corrected chi connectivity index (χ1v) is 7.79. The zero-order chi connectivity index (χ0) is 16.7. The number of nitrogens with one attached hydrogen (secondary N) is 2. The third kappa shape index (κ3) is 2.77. The molecule has 0 saturated heterocycles. The molecule has 0 fully saturated rings. The van der Waals surface area contributed by atoms with E-state index in [1.54, 1.807) is 11.2 Å². The molecule has 3 aromatic rings. The molecule has 0 radical (unpaired) electrons. The highest BCUT2D eigenvalue weighted by molar-refractivity contribution is 5.75. The van der Waals surface area contributed by atoms with Gasteiger partial charge in [-0.05, 0) is 12.1 Å². The number of H-pyrrole nitrogens is 2. The minimum Gasteiger partial charge on any atom is -0.348 e. The lowest BCUT2D eigenvalue weighted by atomic mass is 10.0. The van der Waals surface area contributed by atoms with Gasteiger partial charge >= 0.3 is 6.18 Å². The minimum absolute atomic E-state index is 0.0719. The summed E-state index contributed by atoms with van der Waals surface area (Å²) in [7, 11) is 0. The Balaban J connectivity index is 1.72. The first-order chi connectivity index (χ1) is 11.5. The van der Waals surface area contributed by atoms with Crippen molar-refractivity contribution >= 4 is 11.0 Å². The standard InChI is InChI=1S/C16H16F3N5/c17-16(18,19)6-8-24-7-5-12-13(21-9-20-12)14(24)15-22-10-3-1-2-4-11(10)23-15/h1-4,9,14H,5-8H2,(H,20,21)(H,22,23). The van der Waals surface area contributed by atoms with Crippen molar-refractivity contribution in [3.05, 3.63) is 47.8 Å². The number of imidazole rings is 2. The molecule has 2 N–H and O–H groups in total. The van der Waals surface area contributed by atoms with Crippen LogP contribution in [-0.4, -0.2) is 44.1 Å². The predicted octanol–water partition coefficient (Wildman–Crippen LogP) is 3.19. The van der Waals surface area contributed by atoms with Crippen molar-refractivity contribution in [2.75, 3.05) is 13.1 Å². The van der Waals surface area contributed by atoms with E-state index in [1.807, 2.05) is 24.3 Å². The van der Waals surface area contributed by atoms with Crippen LogP contribution in [0.4, 0.5) is 13.2 Å². The van der Waals surface area contributed by atoms with Crippen LogP contribution >= 0.6 is 0 Å². The highest BCUT2D eigenvalue weighted by Crippen LogP contribution is 2.34. The average Bonchev–Trinajstić information content (AvgIpc) is 3.17. The molecule has 0 amide bonds. The summed E-state index contributed by atoms with van der Waals surface area (Å²) < 4.78 is 38.0. The topological polar surface area (TPSA) is 60.6 Å². The number of aromatic nitrogens is 4. The van der Waals surface area contributed by atoms with Crippen LogP contribution in [0.25, 0.3) is 11.0 Å².